The van der Waals surface area contributed by atoms with Crippen molar-refractivity contribution in [3.63, 3.8) is 0 Å². The molecule has 1 atom stereocenters. The summed E-state index contributed by atoms with van der Waals surface area (Å²) in [6, 6.07) is 0. The third-order valence-electron chi connectivity index (χ3n) is 6.01. The van der Waals surface area contributed by atoms with Crippen LogP contribution in [0.15, 0.2) is 47.3 Å². The Morgan fingerprint density at radius 2 is 1.93 bits per heavy atom. The van der Waals surface area contributed by atoms with Gasteiger partial charge in [0.25, 0.3) is 0 Å². The summed E-state index contributed by atoms with van der Waals surface area (Å²) in [4.78, 5) is 17.4. The van der Waals surface area contributed by atoms with Crippen molar-refractivity contribution >= 4 is 6.09 Å². The largest absolute Gasteiger partial charge is 0.443 e. The molecule has 1 amide bonds. The number of piperidine rings is 1. The molecule has 160 valence electrons. The Labute approximate surface area is 177 Å². The lowest BCUT2D eigenvalue weighted by molar-refractivity contribution is 0.0264. The van der Waals surface area contributed by atoms with E-state index in [1.807, 2.05) is 25.7 Å². The van der Waals surface area contributed by atoms with Crippen LogP contribution in [0, 0.1) is 11.8 Å². The molecular formula is C25H38N2O2. The molecule has 3 aliphatic rings. The maximum absolute atomic E-state index is 13.0. The average Bonchev–Trinajstić information content (AvgIpc) is 2.67. The number of nitrogens with zero attached hydrogens (tertiary/aromatic N) is 2. The van der Waals surface area contributed by atoms with Crippen LogP contribution in [0.5, 0.6) is 0 Å². The Morgan fingerprint density at radius 1 is 1.21 bits per heavy atom. The van der Waals surface area contributed by atoms with Crippen LogP contribution >= 0.6 is 0 Å². The summed E-state index contributed by atoms with van der Waals surface area (Å²) in [7, 11) is 0. The number of amides is 1. The summed E-state index contributed by atoms with van der Waals surface area (Å²) in [5.41, 5.74) is 3.37. The van der Waals surface area contributed by atoms with Crippen molar-refractivity contribution in [2.75, 3.05) is 19.6 Å². The minimum absolute atomic E-state index is 0.203. The van der Waals surface area contributed by atoms with Gasteiger partial charge in [0, 0.05) is 31.0 Å². The van der Waals surface area contributed by atoms with E-state index < -0.39 is 5.60 Å². The highest BCUT2D eigenvalue weighted by atomic mass is 16.6. The molecule has 29 heavy (non-hydrogen) atoms. The lowest BCUT2D eigenvalue weighted by Gasteiger charge is -2.38. The molecule has 0 N–H and O–H groups in total. The summed E-state index contributed by atoms with van der Waals surface area (Å²) in [5, 5.41) is 0. The van der Waals surface area contributed by atoms with E-state index in [9.17, 15) is 4.79 Å². The molecule has 3 rings (SSSR count). The molecule has 0 aromatic heterocycles. The first-order chi connectivity index (χ1) is 13.7. The van der Waals surface area contributed by atoms with Gasteiger partial charge in [-0.1, -0.05) is 30.7 Å². The Hall–Kier alpha value is -1.97. The van der Waals surface area contributed by atoms with Gasteiger partial charge in [-0.05, 0) is 83.8 Å². The quantitative estimate of drug-likeness (QED) is 0.579. The second-order valence-electron chi connectivity index (χ2n) is 9.89. The molecule has 4 heteroatoms. The van der Waals surface area contributed by atoms with Gasteiger partial charge in [-0.2, -0.15) is 0 Å². The number of carbonyl (C=O) groups excluding carboxylic acids is 1. The van der Waals surface area contributed by atoms with Crippen molar-refractivity contribution in [3.8, 4) is 0 Å². The van der Waals surface area contributed by atoms with Crippen LogP contribution in [0.4, 0.5) is 4.79 Å². The maximum atomic E-state index is 13.0. The van der Waals surface area contributed by atoms with Gasteiger partial charge in [0.05, 0.1) is 0 Å². The van der Waals surface area contributed by atoms with Crippen LogP contribution in [0.1, 0.15) is 66.7 Å². The van der Waals surface area contributed by atoms with Crippen molar-refractivity contribution in [2.24, 2.45) is 11.8 Å². The molecule has 1 aliphatic heterocycles. The van der Waals surface area contributed by atoms with E-state index in [1.165, 1.54) is 11.3 Å². The fourth-order valence-corrected chi connectivity index (χ4v) is 4.16. The van der Waals surface area contributed by atoms with Crippen molar-refractivity contribution in [1.29, 1.82) is 0 Å². The highest BCUT2D eigenvalue weighted by molar-refractivity contribution is 5.70. The summed E-state index contributed by atoms with van der Waals surface area (Å²) in [6.45, 7) is 13.1. The van der Waals surface area contributed by atoms with Crippen molar-refractivity contribution in [2.45, 2.75) is 72.3 Å². The smallest absolute Gasteiger partial charge is 0.414 e. The second kappa shape index (κ2) is 9.23. The number of carbonyl (C=O) groups is 1. The van der Waals surface area contributed by atoms with Crippen LogP contribution < -0.4 is 0 Å². The first-order valence-electron chi connectivity index (χ1n) is 11.2. The maximum Gasteiger partial charge on any atom is 0.414 e. The van der Waals surface area contributed by atoms with Crippen LogP contribution in [0.2, 0.25) is 0 Å². The van der Waals surface area contributed by atoms with Crippen LogP contribution in [0.3, 0.4) is 0 Å². The topological polar surface area (TPSA) is 32.8 Å². The molecule has 0 aromatic carbocycles. The van der Waals surface area contributed by atoms with E-state index >= 15 is 0 Å². The molecular weight excluding hydrogens is 360 g/mol. The fourth-order valence-electron chi connectivity index (χ4n) is 4.16. The standard InChI is InChI=1S/C25H38N2O2/c1-19-6-10-22(11-7-19)26-16-14-21(15-17-26)18-27(24(28)29-25(3,4)5)23-12-8-20(2)9-13-23/h6,8,10-12,19,21H,7,9,13-18H2,1-5H3. The zero-order valence-electron chi connectivity index (χ0n) is 18.9. The molecule has 2 aliphatic carbocycles. The second-order valence-corrected chi connectivity index (χ2v) is 9.89. The normalized spacial score (nSPS) is 23.3. The fraction of sp³-hybridized carbons (Fsp3) is 0.640. The van der Waals surface area contributed by atoms with E-state index in [1.54, 1.807) is 0 Å². The van der Waals surface area contributed by atoms with E-state index in [0.29, 0.717) is 11.8 Å². The zero-order chi connectivity index (χ0) is 21.0. The summed E-state index contributed by atoms with van der Waals surface area (Å²) in [6.07, 6.45) is 16.3. The Morgan fingerprint density at radius 3 is 2.48 bits per heavy atom. The molecule has 0 aromatic rings. The van der Waals surface area contributed by atoms with Gasteiger partial charge in [-0.3, -0.25) is 4.90 Å². The Bertz CT molecular complexity index is 716. The molecule has 0 radical (unpaired) electrons. The van der Waals surface area contributed by atoms with E-state index in [-0.39, 0.29) is 6.09 Å². The monoisotopic (exact) mass is 398 g/mol. The van der Waals surface area contributed by atoms with Gasteiger partial charge >= 0.3 is 6.09 Å². The average molecular weight is 399 g/mol. The summed E-state index contributed by atoms with van der Waals surface area (Å²) >= 11 is 0. The molecule has 1 heterocycles. The van der Waals surface area contributed by atoms with E-state index in [2.05, 4.69) is 49.1 Å². The molecule has 4 nitrogen and oxygen atoms in total. The number of rotatable bonds is 4. The number of hydrogen-bond donors (Lipinski definition) is 0. The summed E-state index contributed by atoms with van der Waals surface area (Å²) in [5.74, 6) is 1.17. The van der Waals surface area contributed by atoms with E-state index in [0.717, 1.165) is 57.4 Å². The number of hydrogen-bond acceptors (Lipinski definition) is 3. The molecule has 1 unspecified atom stereocenters. The molecule has 1 saturated heterocycles. The highest BCUT2D eigenvalue weighted by Gasteiger charge is 2.29. The molecule has 0 spiro atoms. The minimum Gasteiger partial charge on any atom is -0.443 e. The zero-order valence-corrected chi connectivity index (χ0v) is 18.9. The Balaban J connectivity index is 1.63. The Kier molecular flexibility index (Phi) is 6.92. The van der Waals surface area contributed by atoms with Gasteiger partial charge < -0.3 is 9.64 Å². The predicted molar refractivity (Wildman–Crippen MR) is 119 cm³/mol. The molecule has 1 fully saturated rings. The van der Waals surface area contributed by atoms with Crippen LogP contribution in [0.25, 0.3) is 0 Å². The van der Waals surface area contributed by atoms with Gasteiger partial charge in [0.2, 0.25) is 0 Å². The van der Waals surface area contributed by atoms with E-state index in [4.69, 9.17) is 4.74 Å². The first-order valence-corrected chi connectivity index (χ1v) is 11.2. The van der Waals surface area contributed by atoms with Crippen molar-refractivity contribution in [1.82, 2.24) is 9.80 Å². The van der Waals surface area contributed by atoms with Gasteiger partial charge in [0.15, 0.2) is 0 Å². The SMILES string of the molecule is CC1=CC=C(N(CC2CCN(C3=CCC(C)C=C3)CC2)C(=O)OC(C)(C)C)CC1. The predicted octanol–water partition coefficient (Wildman–Crippen LogP) is 6.04. The number of likely N-dealkylation sites (tertiary alicyclic amines) is 1. The first kappa shape index (κ1) is 21.7. The minimum atomic E-state index is -0.476. The molecule has 0 bridgehead atoms. The van der Waals surface area contributed by atoms with Crippen molar-refractivity contribution < 1.29 is 9.53 Å². The van der Waals surface area contributed by atoms with Crippen LogP contribution in [-0.4, -0.2) is 41.1 Å². The van der Waals surface area contributed by atoms with Gasteiger partial charge in [0.1, 0.15) is 5.60 Å². The lowest BCUT2D eigenvalue weighted by atomic mass is 9.93. The summed E-state index contributed by atoms with van der Waals surface area (Å²) < 4.78 is 5.74. The highest BCUT2D eigenvalue weighted by Crippen LogP contribution is 2.29. The third kappa shape index (κ3) is 6.25. The van der Waals surface area contributed by atoms with Crippen molar-refractivity contribution in [3.05, 3.63) is 47.3 Å². The molecule has 0 saturated carbocycles. The van der Waals surface area contributed by atoms with Crippen LogP contribution in [-0.2, 0) is 4.74 Å². The lowest BCUT2D eigenvalue weighted by Crippen LogP contribution is -2.42. The van der Waals surface area contributed by atoms with Gasteiger partial charge in [-0.25, -0.2) is 4.79 Å². The van der Waals surface area contributed by atoms with Gasteiger partial charge in [-0.15, -0.1) is 0 Å². The number of allylic oxidation sites excluding steroid dienone is 7. The third-order valence-corrected chi connectivity index (χ3v) is 6.01. The number of ether oxygens (including phenoxy) is 1.